The number of amides is 2. The number of carbonyl (C=O) groups is 2. The van der Waals surface area contributed by atoms with Crippen molar-refractivity contribution in [3.05, 3.63) is 23.8 Å². The molecule has 0 spiro atoms. The van der Waals surface area contributed by atoms with Gasteiger partial charge >= 0.3 is 12.0 Å². The standard InChI is InChI=1S/C22H32N4O5/c1-26-12-10-22(15-6-7-17(30-2)18(13-15)31-3)9-8-16(14-19(22)26)24-25-21(29)23-11-4-5-20(27)28/h6-7,13,19H,4-5,8-12,14H2,1-3H3,(H,27,28)(H2,23,25,29). The van der Waals surface area contributed by atoms with Gasteiger partial charge in [-0.3, -0.25) is 4.79 Å². The molecule has 9 nitrogen and oxygen atoms in total. The molecule has 0 bridgehead atoms. The number of hydrazone groups is 1. The molecule has 1 aromatic rings. The van der Waals surface area contributed by atoms with Crippen molar-refractivity contribution < 1.29 is 24.2 Å². The van der Waals surface area contributed by atoms with Gasteiger partial charge in [-0.25, -0.2) is 10.2 Å². The number of aliphatic carboxylic acids is 1. The summed E-state index contributed by atoms with van der Waals surface area (Å²) >= 11 is 0. The van der Waals surface area contributed by atoms with Gasteiger partial charge < -0.3 is 24.8 Å². The van der Waals surface area contributed by atoms with Crippen LogP contribution in [0.2, 0.25) is 0 Å². The number of rotatable bonds is 8. The molecule has 170 valence electrons. The molecule has 1 aliphatic heterocycles. The van der Waals surface area contributed by atoms with E-state index in [1.54, 1.807) is 14.2 Å². The van der Waals surface area contributed by atoms with E-state index in [1.807, 2.05) is 6.07 Å². The Labute approximate surface area is 182 Å². The third kappa shape index (κ3) is 5.10. The number of hydrogen-bond donors (Lipinski definition) is 3. The van der Waals surface area contributed by atoms with Gasteiger partial charge in [0.2, 0.25) is 0 Å². The lowest BCUT2D eigenvalue weighted by molar-refractivity contribution is -0.137. The van der Waals surface area contributed by atoms with Crippen molar-refractivity contribution in [3.63, 3.8) is 0 Å². The number of nitrogens with zero attached hydrogens (tertiary/aromatic N) is 2. The predicted octanol–water partition coefficient (Wildman–Crippen LogP) is 2.35. The van der Waals surface area contributed by atoms with Gasteiger partial charge in [0.1, 0.15) is 0 Å². The van der Waals surface area contributed by atoms with Gasteiger partial charge in [-0.05, 0) is 57.0 Å². The van der Waals surface area contributed by atoms with Gasteiger partial charge in [0.15, 0.2) is 11.5 Å². The van der Waals surface area contributed by atoms with Gasteiger partial charge in [-0.1, -0.05) is 6.07 Å². The molecule has 31 heavy (non-hydrogen) atoms. The molecule has 3 N–H and O–H groups in total. The van der Waals surface area contributed by atoms with E-state index in [2.05, 4.69) is 39.9 Å². The van der Waals surface area contributed by atoms with E-state index in [9.17, 15) is 9.59 Å². The molecule has 2 amide bonds. The minimum absolute atomic E-state index is 0.0203. The number of fused-ring (bicyclic) bond motifs is 1. The molecule has 1 heterocycles. The highest BCUT2D eigenvalue weighted by Gasteiger charge is 2.49. The first kappa shape index (κ1) is 22.9. The van der Waals surface area contributed by atoms with Crippen molar-refractivity contribution >= 4 is 17.7 Å². The molecule has 1 saturated carbocycles. The average Bonchev–Trinajstić information content (AvgIpc) is 3.11. The number of nitrogens with one attached hydrogen (secondary N) is 2. The van der Waals surface area contributed by atoms with E-state index in [4.69, 9.17) is 14.6 Å². The minimum atomic E-state index is -0.872. The zero-order valence-electron chi connectivity index (χ0n) is 18.4. The topological polar surface area (TPSA) is 112 Å². The largest absolute Gasteiger partial charge is 0.493 e. The molecule has 1 saturated heterocycles. The zero-order chi connectivity index (χ0) is 22.4. The van der Waals surface area contributed by atoms with E-state index in [1.165, 1.54) is 5.56 Å². The molecule has 2 unspecified atom stereocenters. The van der Waals surface area contributed by atoms with Crippen LogP contribution in [0.4, 0.5) is 4.79 Å². The number of carbonyl (C=O) groups excluding carboxylic acids is 1. The van der Waals surface area contributed by atoms with E-state index in [0.717, 1.165) is 49.4 Å². The van der Waals surface area contributed by atoms with Crippen LogP contribution in [0.15, 0.2) is 23.3 Å². The summed E-state index contributed by atoms with van der Waals surface area (Å²) in [5, 5.41) is 15.6. The van der Waals surface area contributed by atoms with E-state index < -0.39 is 12.0 Å². The first-order valence-electron chi connectivity index (χ1n) is 10.6. The third-order valence-corrected chi connectivity index (χ3v) is 6.50. The lowest BCUT2D eigenvalue weighted by atomic mass is 9.65. The number of likely N-dealkylation sites (N-methyl/N-ethyl adjacent to an activating group) is 1. The molecule has 0 aromatic heterocycles. The van der Waals surface area contributed by atoms with Crippen molar-refractivity contribution in [3.8, 4) is 11.5 Å². The molecule has 0 radical (unpaired) electrons. The Morgan fingerprint density at radius 2 is 2.03 bits per heavy atom. The number of likely N-dealkylation sites (tertiary alicyclic amines) is 1. The molecule has 1 aromatic carbocycles. The zero-order valence-corrected chi connectivity index (χ0v) is 18.4. The number of ether oxygens (including phenoxy) is 2. The fraction of sp³-hybridized carbons (Fsp3) is 0.591. The predicted molar refractivity (Wildman–Crippen MR) is 117 cm³/mol. The quantitative estimate of drug-likeness (QED) is 0.429. The van der Waals surface area contributed by atoms with Crippen LogP contribution in [-0.4, -0.2) is 68.1 Å². The molecule has 1 aliphatic carbocycles. The van der Waals surface area contributed by atoms with Crippen molar-refractivity contribution in [1.82, 2.24) is 15.6 Å². The van der Waals surface area contributed by atoms with Gasteiger partial charge in [-0.2, -0.15) is 5.10 Å². The summed E-state index contributed by atoms with van der Waals surface area (Å²) in [7, 11) is 5.43. The number of hydrogen-bond acceptors (Lipinski definition) is 6. The normalized spacial score (nSPS) is 24.5. The molecule has 2 atom stereocenters. The van der Waals surface area contributed by atoms with Gasteiger partial charge in [0, 0.05) is 36.6 Å². The lowest BCUT2D eigenvalue weighted by Crippen LogP contribution is -2.46. The summed E-state index contributed by atoms with van der Waals surface area (Å²) in [5.41, 5.74) is 4.80. The summed E-state index contributed by atoms with van der Waals surface area (Å²) in [6, 6.07) is 6.08. The SMILES string of the molecule is COc1ccc(C23CCC(=NNC(=O)NCCCC(=O)O)CC2N(C)CC3)cc1OC. The Morgan fingerprint density at radius 1 is 1.26 bits per heavy atom. The highest BCUT2D eigenvalue weighted by Crippen LogP contribution is 2.49. The van der Waals surface area contributed by atoms with Crippen LogP contribution in [0.1, 0.15) is 44.1 Å². The van der Waals surface area contributed by atoms with Crippen LogP contribution in [-0.2, 0) is 10.2 Å². The summed E-state index contributed by atoms with van der Waals surface area (Å²) < 4.78 is 10.9. The van der Waals surface area contributed by atoms with Crippen molar-refractivity contribution in [2.24, 2.45) is 5.10 Å². The van der Waals surface area contributed by atoms with Crippen molar-refractivity contribution in [1.29, 1.82) is 0 Å². The fourth-order valence-electron chi connectivity index (χ4n) is 4.80. The Bertz CT molecular complexity index is 843. The maximum absolute atomic E-state index is 11.9. The number of carboxylic acids is 1. The van der Waals surface area contributed by atoms with Crippen LogP contribution < -0.4 is 20.2 Å². The van der Waals surface area contributed by atoms with Crippen molar-refractivity contribution in [2.45, 2.75) is 50.0 Å². The van der Waals surface area contributed by atoms with Crippen LogP contribution in [0.5, 0.6) is 11.5 Å². The highest BCUT2D eigenvalue weighted by atomic mass is 16.5. The van der Waals surface area contributed by atoms with Crippen LogP contribution in [0.25, 0.3) is 0 Å². The second kappa shape index (κ2) is 10.00. The smallest absolute Gasteiger partial charge is 0.335 e. The van der Waals surface area contributed by atoms with E-state index in [-0.39, 0.29) is 11.8 Å². The number of benzene rings is 1. The molecule has 9 heteroatoms. The average molecular weight is 433 g/mol. The first-order chi connectivity index (χ1) is 14.9. The second-order valence-corrected chi connectivity index (χ2v) is 8.22. The van der Waals surface area contributed by atoms with Crippen LogP contribution >= 0.6 is 0 Å². The molecular weight excluding hydrogens is 400 g/mol. The maximum atomic E-state index is 11.9. The summed E-state index contributed by atoms with van der Waals surface area (Å²) in [5.74, 6) is 0.592. The van der Waals surface area contributed by atoms with Crippen LogP contribution in [0, 0.1) is 0 Å². The van der Waals surface area contributed by atoms with Gasteiger partial charge in [0.25, 0.3) is 0 Å². The summed E-state index contributed by atoms with van der Waals surface area (Å²) in [6.45, 7) is 1.31. The van der Waals surface area contributed by atoms with E-state index >= 15 is 0 Å². The first-order valence-corrected chi connectivity index (χ1v) is 10.6. The van der Waals surface area contributed by atoms with Gasteiger partial charge in [-0.15, -0.1) is 0 Å². The Morgan fingerprint density at radius 3 is 2.74 bits per heavy atom. The third-order valence-electron chi connectivity index (χ3n) is 6.50. The Hall–Kier alpha value is -2.81. The summed E-state index contributed by atoms with van der Waals surface area (Å²) in [4.78, 5) is 24.8. The van der Waals surface area contributed by atoms with Crippen molar-refractivity contribution in [2.75, 3.05) is 34.4 Å². The number of methoxy groups -OCH3 is 2. The Balaban J connectivity index is 1.66. The summed E-state index contributed by atoms with van der Waals surface area (Å²) in [6.07, 6.45) is 4.01. The highest BCUT2D eigenvalue weighted by molar-refractivity contribution is 5.88. The van der Waals surface area contributed by atoms with Gasteiger partial charge in [0.05, 0.1) is 14.2 Å². The molecule has 3 rings (SSSR count). The lowest BCUT2D eigenvalue weighted by Gasteiger charge is -2.42. The molecular formula is C22H32N4O5. The Kier molecular flexibility index (Phi) is 7.37. The maximum Gasteiger partial charge on any atom is 0.335 e. The monoisotopic (exact) mass is 432 g/mol. The number of urea groups is 1. The minimum Gasteiger partial charge on any atom is -0.493 e. The molecule has 2 aliphatic rings. The molecule has 2 fully saturated rings. The second-order valence-electron chi connectivity index (χ2n) is 8.22. The number of carboxylic acid groups (broad SMARTS) is 1. The fourth-order valence-corrected chi connectivity index (χ4v) is 4.80. The van der Waals surface area contributed by atoms with E-state index in [0.29, 0.717) is 19.0 Å². The van der Waals surface area contributed by atoms with Crippen LogP contribution in [0.3, 0.4) is 0 Å².